The van der Waals surface area contributed by atoms with E-state index in [0.717, 1.165) is 55.4 Å². The Morgan fingerprint density at radius 1 is 1.18 bits per heavy atom. The number of aryl methyl sites for hydroxylation is 1. The maximum absolute atomic E-state index is 5.92. The molecule has 1 aliphatic heterocycles. The zero-order valence-electron chi connectivity index (χ0n) is 19.0. The summed E-state index contributed by atoms with van der Waals surface area (Å²) in [4.78, 5) is 16.2. The third-order valence-electron chi connectivity index (χ3n) is 5.63. The molecule has 0 atom stereocenters. The van der Waals surface area contributed by atoms with Gasteiger partial charge in [0.15, 0.2) is 0 Å². The lowest BCUT2D eigenvalue weighted by Gasteiger charge is -2.31. The molecule has 172 valence electrons. The highest BCUT2D eigenvalue weighted by molar-refractivity contribution is 7.09. The Bertz CT molecular complexity index is 1060. The molecule has 0 N–H and O–H groups in total. The molecule has 0 aliphatic carbocycles. The largest absolute Gasteiger partial charge is 0.487 e. The zero-order chi connectivity index (χ0) is 23.0. The molecule has 1 aromatic carbocycles. The van der Waals surface area contributed by atoms with E-state index >= 15 is 0 Å². The van der Waals surface area contributed by atoms with Gasteiger partial charge in [0.05, 0.1) is 16.4 Å². The maximum atomic E-state index is 5.92. The number of benzene rings is 1. The molecule has 0 saturated carbocycles. The first-order valence-corrected chi connectivity index (χ1v) is 11.9. The van der Waals surface area contributed by atoms with Gasteiger partial charge in [-0.25, -0.2) is 20.0 Å². The number of hydrogen-bond donors (Lipinski definition) is 0. The number of hydrogen-bond acceptors (Lipinski definition) is 8. The van der Waals surface area contributed by atoms with Crippen LogP contribution in [0.2, 0.25) is 0 Å². The number of nitrogens with zero attached hydrogens (tertiary/aromatic N) is 8. The topological polar surface area (TPSA) is 91.5 Å². The molecule has 33 heavy (non-hydrogen) atoms. The van der Waals surface area contributed by atoms with Crippen molar-refractivity contribution in [3.8, 4) is 5.75 Å². The third kappa shape index (κ3) is 5.89. The molecule has 2 aromatic heterocycles. The van der Waals surface area contributed by atoms with Crippen molar-refractivity contribution in [3.63, 3.8) is 0 Å². The van der Waals surface area contributed by atoms with Crippen LogP contribution in [-0.2, 0) is 13.0 Å². The molecule has 0 unspecified atom stereocenters. The van der Waals surface area contributed by atoms with Crippen molar-refractivity contribution in [3.05, 3.63) is 58.3 Å². The predicted octanol–water partition coefficient (Wildman–Crippen LogP) is 4.88. The summed E-state index contributed by atoms with van der Waals surface area (Å²) in [6.07, 6.45) is 6.93. The summed E-state index contributed by atoms with van der Waals surface area (Å²) in [5, 5.41) is 15.7. The molecule has 1 saturated heterocycles. The van der Waals surface area contributed by atoms with Crippen LogP contribution in [0.5, 0.6) is 5.75 Å². The third-order valence-corrected chi connectivity index (χ3v) is 6.69. The van der Waals surface area contributed by atoms with Gasteiger partial charge in [0, 0.05) is 50.5 Å². The number of aromatic nitrogens is 3. The van der Waals surface area contributed by atoms with Gasteiger partial charge in [0.1, 0.15) is 12.4 Å². The summed E-state index contributed by atoms with van der Waals surface area (Å²) in [5.74, 6) is 2.09. The van der Waals surface area contributed by atoms with Gasteiger partial charge < -0.3 is 9.64 Å². The highest BCUT2D eigenvalue weighted by Crippen LogP contribution is 2.31. The quantitative estimate of drug-likeness (QED) is 0.255. The minimum absolute atomic E-state index is 0.447. The van der Waals surface area contributed by atoms with Crippen LogP contribution in [0.3, 0.4) is 0 Å². The molecule has 0 radical (unpaired) electrons. The fourth-order valence-corrected chi connectivity index (χ4v) is 4.63. The molecule has 0 spiro atoms. The number of anilines is 2. The van der Waals surface area contributed by atoms with E-state index in [1.165, 1.54) is 10.6 Å². The monoisotopic (exact) mass is 464 g/mol. The van der Waals surface area contributed by atoms with E-state index in [1.54, 1.807) is 23.4 Å². The highest BCUT2D eigenvalue weighted by Gasteiger charge is 2.24. The van der Waals surface area contributed by atoms with Gasteiger partial charge in [0.2, 0.25) is 5.95 Å². The van der Waals surface area contributed by atoms with Crippen LogP contribution in [-0.4, -0.2) is 41.8 Å². The van der Waals surface area contributed by atoms with Crippen molar-refractivity contribution < 1.29 is 4.74 Å². The number of piperidine rings is 1. The molecule has 1 fully saturated rings. The highest BCUT2D eigenvalue weighted by atomic mass is 32.1. The SMILES string of the molecule is C=N/N=N\N(C)c1ccc(OCc2csc(C3CCN(c4ncc(CC)cn4)CC3)n2)cc1. The van der Waals surface area contributed by atoms with Crippen molar-refractivity contribution in [2.75, 3.05) is 30.0 Å². The summed E-state index contributed by atoms with van der Waals surface area (Å²) in [7, 11) is 1.79. The Kier molecular flexibility index (Phi) is 7.56. The van der Waals surface area contributed by atoms with Crippen molar-refractivity contribution >= 4 is 29.7 Å². The minimum atomic E-state index is 0.447. The normalized spacial score (nSPS) is 14.5. The fraction of sp³-hybridized carbons (Fsp3) is 0.391. The average molecular weight is 465 g/mol. The van der Waals surface area contributed by atoms with Crippen molar-refractivity contribution in [1.82, 2.24) is 15.0 Å². The Morgan fingerprint density at radius 3 is 2.58 bits per heavy atom. The van der Waals surface area contributed by atoms with Crippen LogP contribution < -0.4 is 14.6 Å². The number of rotatable bonds is 9. The first-order chi connectivity index (χ1) is 16.2. The van der Waals surface area contributed by atoms with Crippen LogP contribution in [0.1, 0.15) is 41.9 Å². The molecule has 0 amide bonds. The van der Waals surface area contributed by atoms with Crippen LogP contribution in [0.15, 0.2) is 57.6 Å². The molecule has 0 bridgehead atoms. The van der Waals surface area contributed by atoms with E-state index in [0.29, 0.717) is 12.5 Å². The van der Waals surface area contributed by atoms with E-state index in [1.807, 2.05) is 36.7 Å². The summed E-state index contributed by atoms with van der Waals surface area (Å²) < 4.78 is 5.92. The van der Waals surface area contributed by atoms with Gasteiger partial charge in [-0.15, -0.1) is 16.4 Å². The Labute approximate surface area is 197 Å². The average Bonchev–Trinajstić information content (AvgIpc) is 3.35. The van der Waals surface area contributed by atoms with Gasteiger partial charge in [-0.1, -0.05) is 6.92 Å². The van der Waals surface area contributed by atoms with Gasteiger partial charge in [0.25, 0.3) is 0 Å². The van der Waals surface area contributed by atoms with Gasteiger partial charge in [-0.2, -0.15) is 0 Å². The smallest absolute Gasteiger partial charge is 0.225 e. The van der Waals surface area contributed by atoms with Gasteiger partial charge >= 0.3 is 0 Å². The van der Waals surface area contributed by atoms with E-state index in [2.05, 4.69) is 49.4 Å². The summed E-state index contributed by atoms with van der Waals surface area (Å²) in [5.41, 5.74) is 3.01. The summed E-state index contributed by atoms with van der Waals surface area (Å²) in [6.45, 7) is 7.74. The fourth-order valence-electron chi connectivity index (χ4n) is 3.65. The number of ether oxygens (including phenoxy) is 1. The minimum Gasteiger partial charge on any atom is -0.487 e. The van der Waals surface area contributed by atoms with Crippen LogP contribution in [0, 0.1) is 0 Å². The molecular formula is C23H28N8OS. The van der Waals surface area contributed by atoms with Crippen LogP contribution in [0.4, 0.5) is 11.6 Å². The van der Waals surface area contributed by atoms with E-state index in [9.17, 15) is 0 Å². The Hall–Kier alpha value is -3.40. The van der Waals surface area contributed by atoms with Gasteiger partial charge in [-0.05, 0) is 59.5 Å². The summed E-state index contributed by atoms with van der Waals surface area (Å²) in [6, 6.07) is 7.63. The molecule has 3 aromatic rings. The van der Waals surface area contributed by atoms with E-state index < -0.39 is 0 Å². The van der Waals surface area contributed by atoms with E-state index in [-0.39, 0.29) is 0 Å². The Balaban J connectivity index is 1.27. The van der Waals surface area contributed by atoms with Crippen molar-refractivity contribution in [2.45, 2.75) is 38.7 Å². The van der Waals surface area contributed by atoms with E-state index in [4.69, 9.17) is 9.72 Å². The lowest BCUT2D eigenvalue weighted by atomic mass is 9.98. The second kappa shape index (κ2) is 11.0. The molecule has 1 aliphatic rings. The summed E-state index contributed by atoms with van der Waals surface area (Å²) >= 11 is 1.72. The van der Waals surface area contributed by atoms with Crippen LogP contribution >= 0.6 is 11.3 Å². The van der Waals surface area contributed by atoms with Crippen LogP contribution in [0.25, 0.3) is 0 Å². The first kappa shape index (κ1) is 22.8. The number of thiazole rings is 1. The lowest BCUT2D eigenvalue weighted by Crippen LogP contribution is -2.34. The second-order valence-corrected chi connectivity index (χ2v) is 8.70. The molecule has 3 heterocycles. The zero-order valence-corrected chi connectivity index (χ0v) is 19.8. The standard InChI is InChI=1S/C23H28N8OS/c1-4-17-13-25-23(26-14-17)31-11-9-18(10-12-31)22-27-19(16-33-22)15-32-21-7-5-20(6-8-21)30(3)29-28-24-2/h5-8,13-14,16,18H,2,4,9-12,15H2,1,3H3/b29-28-. The molecular weight excluding hydrogens is 436 g/mol. The van der Waals surface area contributed by atoms with Crippen molar-refractivity contribution in [2.24, 2.45) is 15.5 Å². The van der Waals surface area contributed by atoms with Gasteiger partial charge in [-0.3, -0.25) is 0 Å². The maximum Gasteiger partial charge on any atom is 0.225 e. The molecule has 9 nitrogen and oxygen atoms in total. The first-order valence-electron chi connectivity index (χ1n) is 11.0. The molecule has 10 heteroatoms. The lowest BCUT2D eigenvalue weighted by molar-refractivity contribution is 0.301. The Morgan fingerprint density at radius 2 is 1.91 bits per heavy atom. The van der Waals surface area contributed by atoms with Crippen molar-refractivity contribution in [1.29, 1.82) is 0 Å². The molecule has 4 rings (SSSR count). The predicted molar refractivity (Wildman–Crippen MR) is 131 cm³/mol. The second-order valence-electron chi connectivity index (χ2n) is 7.81.